The van der Waals surface area contributed by atoms with Gasteiger partial charge < -0.3 is 4.98 Å². The largest absolute Gasteiger partial charge is 0.339 e. The molecular weight excluding hydrogens is 244 g/mol. The van der Waals surface area contributed by atoms with Crippen molar-refractivity contribution in [2.75, 3.05) is 0 Å². The molecule has 4 aromatic rings. The normalized spacial score (nSPS) is 11.6. The summed E-state index contributed by atoms with van der Waals surface area (Å²) >= 11 is 6.28. The van der Waals surface area contributed by atoms with Crippen molar-refractivity contribution in [1.82, 2.24) is 9.97 Å². The molecule has 0 aliphatic heterocycles. The minimum absolute atomic E-state index is 0.760. The van der Waals surface area contributed by atoms with Gasteiger partial charge in [0.05, 0.1) is 10.5 Å². The van der Waals surface area contributed by atoms with E-state index in [2.05, 4.69) is 22.1 Å². The fourth-order valence-corrected chi connectivity index (χ4v) is 2.71. The van der Waals surface area contributed by atoms with Gasteiger partial charge in [-0.25, -0.2) is 4.98 Å². The highest BCUT2D eigenvalue weighted by Gasteiger charge is 2.09. The molecular formula is C15H9ClN2. The van der Waals surface area contributed by atoms with Crippen molar-refractivity contribution in [3.8, 4) is 0 Å². The SMILES string of the molecule is Clc1cccc2[nH]c3nc4ccccc4cc3c12. The molecule has 1 N–H and O–H groups in total. The van der Waals surface area contributed by atoms with E-state index in [1.165, 1.54) is 0 Å². The third kappa shape index (κ3) is 1.27. The highest BCUT2D eigenvalue weighted by molar-refractivity contribution is 6.38. The van der Waals surface area contributed by atoms with Crippen LogP contribution in [-0.2, 0) is 0 Å². The molecule has 2 nitrogen and oxygen atoms in total. The second-order valence-corrected chi connectivity index (χ2v) is 4.77. The van der Waals surface area contributed by atoms with E-state index in [-0.39, 0.29) is 0 Å². The fourth-order valence-electron chi connectivity index (χ4n) is 2.43. The first-order chi connectivity index (χ1) is 8.83. The van der Waals surface area contributed by atoms with E-state index < -0.39 is 0 Å². The lowest BCUT2D eigenvalue weighted by Crippen LogP contribution is -1.79. The smallest absolute Gasteiger partial charge is 0.139 e. The molecule has 0 atom stereocenters. The molecule has 3 heteroatoms. The number of fused-ring (bicyclic) bond motifs is 4. The van der Waals surface area contributed by atoms with Crippen molar-refractivity contribution in [2.24, 2.45) is 0 Å². The summed E-state index contributed by atoms with van der Waals surface area (Å²) in [6, 6.07) is 16.1. The van der Waals surface area contributed by atoms with Crippen molar-refractivity contribution in [1.29, 1.82) is 0 Å². The molecule has 0 amide bonds. The zero-order chi connectivity index (χ0) is 12.1. The molecule has 0 fully saturated rings. The number of hydrogen-bond donors (Lipinski definition) is 1. The minimum atomic E-state index is 0.760. The average Bonchev–Trinajstić information content (AvgIpc) is 2.74. The van der Waals surface area contributed by atoms with Gasteiger partial charge in [0.1, 0.15) is 5.65 Å². The Bertz CT molecular complexity index is 893. The fraction of sp³-hybridized carbons (Fsp3) is 0. The van der Waals surface area contributed by atoms with Crippen molar-refractivity contribution in [2.45, 2.75) is 0 Å². The third-order valence-electron chi connectivity index (χ3n) is 3.26. The molecule has 0 unspecified atom stereocenters. The molecule has 2 aromatic heterocycles. The van der Waals surface area contributed by atoms with E-state index in [1.54, 1.807) is 0 Å². The number of hydrogen-bond acceptors (Lipinski definition) is 1. The Balaban J connectivity index is 2.29. The lowest BCUT2D eigenvalue weighted by atomic mass is 10.1. The standard InChI is InChI=1S/C15H9ClN2/c16-11-5-3-7-13-14(11)10-8-9-4-1-2-6-12(9)17-15(10)18-13/h1-8H,(H,17,18). The molecule has 0 spiro atoms. The number of halogens is 1. The van der Waals surface area contributed by atoms with Gasteiger partial charge in [-0.15, -0.1) is 0 Å². The zero-order valence-corrected chi connectivity index (χ0v) is 10.2. The minimum Gasteiger partial charge on any atom is -0.339 e. The van der Waals surface area contributed by atoms with Gasteiger partial charge in [-0.2, -0.15) is 0 Å². The van der Waals surface area contributed by atoms with Gasteiger partial charge in [0.2, 0.25) is 0 Å². The van der Waals surface area contributed by atoms with E-state index in [0.29, 0.717) is 0 Å². The molecule has 0 aliphatic rings. The Kier molecular flexibility index (Phi) is 1.91. The molecule has 0 aliphatic carbocycles. The maximum Gasteiger partial charge on any atom is 0.139 e. The highest BCUT2D eigenvalue weighted by Crippen LogP contribution is 2.32. The van der Waals surface area contributed by atoms with Crippen molar-refractivity contribution in [3.05, 3.63) is 53.6 Å². The third-order valence-corrected chi connectivity index (χ3v) is 3.57. The number of rotatable bonds is 0. The Labute approximate surface area is 108 Å². The molecule has 0 saturated carbocycles. The van der Waals surface area contributed by atoms with E-state index in [9.17, 15) is 0 Å². The van der Waals surface area contributed by atoms with Gasteiger partial charge >= 0.3 is 0 Å². The average molecular weight is 253 g/mol. The first-order valence-electron chi connectivity index (χ1n) is 5.78. The van der Waals surface area contributed by atoms with Gasteiger partial charge in [0, 0.05) is 21.7 Å². The van der Waals surface area contributed by atoms with Gasteiger partial charge in [-0.1, -0.05) is 35.9 Å². The quantitative estimate of drug-likeness (QED) is 0.490. The van der Waals surface area contributed by atoms with Crippen LogP contribution < -0.4 is 0 Å². The molecule has 0 radical (unpaired) electrons. The summed E-state index contributed by atoms with van der Waals surface area (Å²) in [6.45, 7) is 0. The van der Waals surface area contributed by atoms with Crippen LogP contribution in [0.3, 0.4) is 0 Å². The molecule has 2 heterocycles. The van der Waals surface area contributed by atoms with E-state index in [0.717, 1.165) is 37.9 Å². The maximum atomic E-state index is 6.28. The van der Waals surface area contributed by atoms with E-state index >= 15 is 0 Å². The monoisotopic (exact) mass is 252 g/mol. The number of benzene rings is 2. The number of nitrogens with one attached hydrogen (secondary N) is 1. The Morgan fingerprint density at radius 3 is 2.83 bits per heavy atom. The van der Waals surface area contributed by atoms with Crippen LogP contribution >= 0.6 is 11.6 Å². The first kappa shape index (κ1) is 9.92. The van der Waals surface area contributed by atoms with Gasteiger partial charge in [0.15, 0.2) is 0 Å². The van der Waals surface area contributed by atoms with Gasteiger partial charge in [-0.05, 0) is 24.3 Å². The Morgan fingerprint density at radius 1 is 1.00 bits per heavy atom. The van der Waals surface area contributed by atoms with Crippen LogP contribution in [0.4, 0.5) is 0 Å². The topological polar surface area (TPSA) is 28.7 Å². The molecule has 86 valence electrons. The van der Waals surface area contributed by atoms with E-state index in [4.69, 9.17) is 11.6 Å². The van der Waals surface area contributed by atoms with Gasteiger partial charge in [-0.3, -0.25) is 0 Å². The number of para-hydroxylation sites is 1. The summed E-state index contributed by atoms with van der Waals surface area (Å²) in [5.74, 6) is 0. The second kappa shape index (κ2) is 3.47. The number of aromatic amines is 1. The number of aromatic nitrogens is 2. The lowest BCUT2D eigenvalue weighted by molar-refractivity contribution is 1.40. The predicted molar refractivity (Wildman–Crippen MR) is 76.1 cm³/mol. The van der Waals surface area contributed by atoms with Crippen LogP contribution in [0, 0.1) is 0 Å². The van der Waals surface area contributed by atoms with Crippen molar-refractivity contribution < 1.29 is 0 Å². The predicted octanol–water partition coefficient (Wildman–Crippen LogP) is 4.52. The molecule has 0 bridgehead atoms. The van der Waals surface area contributed by atoms with Crippen LogP contribution in [0.1, 0.15) is 0 Å². The Hall–Kier alpha value is -2.06. The van der Waals surface area contributed by atoms with E-state index in [1.807, 2.05) is 36.4 Å². The molecule has 2 aromatic carbocycles. The molecule has 0 saturated heterocycles. The zero-order valence-electron chi connectivity index (χ0n) is 9.44. The van der Waals surface area contributed by atoms with Crippen LogP contribution in [0.2, 0.25) is 5.02 Å². The van der Waals surface area contributed by atoms with Crippen LogP contribution in [0.25, 0.3) is 32.8 Å². The molecule has 18 heavy (non-hydrogen) atoms. The number of H-pyrrole nitrogens is 1. The van der Waals surface area contributed by atoms with Crippen LogP contribution in [-0.4, -0.2) is 9.97 Å². The maximum absolute atomic E-state index is 6.28. The van der Waals surface area contributed by atoms with Crippen molar-refractivity contribution >= 4 is 44.4 Å². The summed E-state index contributed by atoms with van der Waals surface area (Å²) in [7, 11) is 0. The van der Waals surface area contributed by atoms with Gasteiger partial charge in [0.25, 0.3) is 0 Å². The summed E-state index contributed by atoms with van der Waals surface area (Å²) < 4.78 is 0. The summed E-state index contributed by atoms with van der Waals surface area (Å²) in [4.78, 5) is 7.96. The summed E-state index contributed by atoms with van der Waals surface area (Å²) in [5, 5.41) is 4.02. The summed E-state index contributed by atoms with van der Waals surface area (Å²) in [5.41, 5.74) is 2.91. The lowest BCUT2D eigenvalue weighted by Gasteiger charge is -1.97. The Morgan fingerprint density at radius 2 is 1.89 bits per heavy atom. The van der Waals surface area contributed by atoms with Crippen LogP contribution in [0.15, 0.2) is 48.5 Å². The number of pyridine rings is 1. The number of nitrogens with zero attached hydrogens (tertiary/aromatic N) is 1. The van der Waals surface area contributed by atoms with Crippen molar-refractivity contribution in [3.63, 3.8) is 0 Å². The summed E-state index contributed by atoms with van der Waals surface area (Å²) in [6.07, 6.45) is 0. The molecule has 4 rings (SSSR count). The first-order valence-corrected chi connectivity index (χ1v) is 6.16. The highest BCUT2D eigenvalue weighted by atomic mass is 35.5. The van der Waals surface area contributed by atoms with Crippen LogP contribution in [0.5, 0.6) is 0 Å². The second-order valence-electron chi connectivity index (χ2n) is 4.36.